The first-order valence-corrected chi connectivity index (χ1v) is 6.58. The molecule has 0 fully saturated rings. The predicted molar refractivity (Wildman–Crippen MR) is 78.8 cm³/mol. The number of rotatable bonds is 3. The fourth-order valence-corrected chi connectivity index (χ4v) is 2.20. The third-order valence-corrected chi connectivity index (χ3v) is 3.09. The number of ether oxygens (including phenoxy) is 1. The maximum absolute atomic E-state index is 12.0. The van der Waals surface area contributed by atoms with E-state index in [1.54, 1.807) is 23.7 Å². The lowest BCUT2D eigenvalue weighted by Crippen LogP contribution is -2.13. The summed E-state index contributed by atoms with van der Waals surface area (Å²) in [7, 11) is 0. The van der Waals surface area contributed by atoms with E-state index in [-0.39, 0.29) is 18.0 Å². The van der Waals surface area contributed by atoms with Crippen LogP contribution in [-0.4, -0.2) is 27.2 Å². The number of aromatic nitrogens is 3. The molecule has 0 spiro atoms. The normalized spacial score (nSPS) is 10.7. The first-order chi connectivity index (χ1) is 10.2. The van der Waals surface area contributed by atoms with Gasteiger partial charge in [-0.25, -0.2) is 14.3 Å². The molecule has 3 aromatic rings. The van der Waals surface area contributed by atoms with Crippen molar-refractivity contribution < 1.29 is 9.53 Å². The Bertz CT molecular complexity index is 796. The fraction of sp³-hybridized carbons (Fsp3) is 0.133. The van der Waals surface area contributed by atoms with Crippen LogP contribution in [0.25, 0.3) is 16.9 Å². The third-order valence-electron chi connectivity index (χ3n) is 3.09. The topological polar surface area (TPSA) is 82.5 Å². The van der Waals surface area contributed by atoms with Gasteiger partial charge in [-0.2, -0.15) is 5.10 Å². The number of nitrogens with zero attached hydrogens (tertiary/aromatic N) is 3. The van der Waals surface area contributed by atoms with Gasteiger partial charge in [0.2, 0.25) is 0 Å². The maximum atomic E-state index is 12.0. The van der Waals surface area contributed by atoms with E-state index in [4.69, 9.17) is 10.5 Å². The Morgan fingerprint density at radius 3 is 2.76 bits per heavy atom. The molecule has 1 aromatic carbocycles. The van der Waals surface area contributed by atoms with Crippen molar-refractivity contribution in [2.75, 3.05) is 12.3 Å². The van der Waals surface area contributed by atoms with Crippen molar-refractivity contribution in [1.29, 1.82) is 0 Å². The second-order valence-corrected chi connectivity index (χ2v) is 4.41. The number of nitrogens with two attached hydrogens (primary N) is 1. The highest BCUT2D eigenvalue weighted by molar-refractivity contribution is 6.01. The van der Waals surface area contributed by atoms with Crippen molar-refractivity contribution in [1.82, 2.24) is 14.6 Å². The zero-order chi connectivity index (χ0) is 14.8. The number of carbonyl (C=O) groups is 1. The van der Waals surface area contributed by atoms with E-state index in [0.29, 0.717) is 11.3 Å². The van der Waals surface area contributed by atoms with Crippen molar-refractivity contribution >= 4 is 17.3 Å². The molecular weight excluding hydrogens is 268 g/mol. The van der Waals surface area contributed by atoms with Gasteiger partial charge in [-0.05, 0) is 13.0 Å². The van der Waals surface area contributed by atoms with Gasteiger partial charge in [0, 0.05) is 5.56 Å². The second kappa shape index (κ2) is 5.24. The van der Waals surface area contributed by atoms with E-state index in [9.17, 15) is 4.79 Å². The first kappa shape index (κ1) is 13.1. The molecule has 0 saturated heterocycles. The lowest BCUT2D eigenvalue weighted by Gasteiger charge is -2.10. The van der Waals surface area contributed by atoms with Crippen LogP contribution in [0.15, 0.2) is 42.6 Å². The highest BCUT2D eigenvalue weighted by Gasteiger charge is 2.20. The van der Waals surface area contributed by atoms with Crippen molar-refractivity contribution in [2.24, 2.45) is 0 Å². The molecule has 0 atom stereocenters. The predicted octanol–water partition coefficient (Wildman–Crippen LogP) is 2.16. The van der Waals surface area contributed by atoms with E-state index in [0.717, 1.165) is 5.56 Å². The molecule has 3 rings (SSSR count). The monoisotopic (exact) mass is 282 g/mol. The van der Waals surface area contributed by atoms with E-state index in [1.165, 1.54) is 0 Å². The number of carbonyl (C=O) groups excluding carboxylic acids is 1. The van der Waals surface area contributed by atoms with Crippen LogP contribution in [0.2, 0.25) is 0 Å². The Labute approximate surface area is 121 Å². The van der Waals surface area contributed by atoms with E-state index in [2.05, 4.69) is 10.1 Å². The molecule has 2 N–H and O–H groups in total. The molecule has 0 aliphatic heterocycles. The molecule has 6 nitrogen and oxygen atoms in total. The van der Waals surface area contributed by atoms with Crippen LogP contribution < -0.4 is 5.73 Å². The molecular formula is C15H14N4O2. The minimum absolute atomic E-state index is 0.139. The summed E-state index contributed by atoms with van der Waals surface area (Å²) in [6, 6.07) is 11.3. The van der Waals surface area contributed by atoms with Crippen LogP contribution in [0.4, 0.5) is 5.82 Å². The lowest BCUT2D eigenvalue weighted by atomic mass is 10.2. The Hall–Kier alpha value is -2.89. The smallest absolute Gasteiger partial charge is 0.344 e. The van der Waals surface area contributed by atoms with E-state index >= 15 is 0 Å². The van der Waals surface area contributed by atoms with Gasteiger partial charge in [0.25, 0.3) is 0 Å². The second-order valence-electron chi connectivity index (χ2n) is 4.41. The molecule has 0 unspecified atom stereocenters. The molecule has 0 bridgehead atoms. The molecule has 2 aromatic heterocycles. The van der Waals surface area contributed by atoms with E-state index in [1.807, 2.05) is 30.3 Å². The third kappa shape index (κ3) is 2.20. The lowest BCUT2D eigenvalue weighted by molar-refractivity contribution is 0.0529. The van der Waals surface area contributed by atoms with Gasteiger partial charge in [-0.3, -0.25) is 0 Å². The van der Waals surface area contributed by atoms with Gasteiger partial charge in [-0.15, -0.1) is 0 Å². The minimum atomic E-state index is -0.493. The summed E-state index contributed by atoms with van der Waals surface area (Å²) in [5.41, 5.74) is 7.66. The number of nitrogen functional groups attached to an aromatic ring is 1. The SMILES string of the molecule is CCOC(=O)c1c(N)nc(-c2ccccc2)n2nccc12. The molecule has 2 heterocycles. The molecule has 0 saturated carbocycles. The van der Waals surface area contributed by atoms with Gasteiger partial charge in [0.1, 0.15) is 11.4 Å². The molecule has 6 heteroatoms. The first-order valence-electron chi connectivity index (χ1n) is 6.58. The molecule has 106 valence electrons. The van der Waals surface area contributed by atoms with Crippen molar-refractivity contribution in [3.63, 3.8) is 0 Å². The summed E-state index contributed by atoms with van der Waals surface area (Å²) >= 11 is 0. The highest BCUT2D eigenvalue weighted by Crippen LogP contribution is 2.24. The number of benzene rings is 1. The van der Waals surface area contributed by atoms with Crippen LogP contribution in [-0.2, 0) is 4.74 Å². The van der Waals surface area contributed by atoms with Gasteiger partial charge >= 0.3 is 5.97 Å². The summed E-state index contributed by atoms with van der Waals surface area (Å²) in [5, 5.41) is 4.23. The summed E-state index contributed by atoms with van der Waals surface area (Å²) < 4.78 is 6.63. The molecule has 0 aliphatic rings. The van der Waals surface area contributed by atoms with Gasteiger partial charge in [-0.1, -0.05) is 30.3 Å². The number of fused-ring (bicyclic) bond motifs is 1. The highest BCUT2D eigenvalue weighted by atomic mass is 16.5. The maximum Gasteiger partial charge on any atom is 0.344 e. The zero-order valence-corrected chi connectivity index (χ0v) is 11.5. The van der Waals surface area contributed by atoms with Gasteiger partial charge in [0.05, 0.1) is 18.3 Å². The number of esters is 1. The van der Waals surface area contributed by atoms with Gasteiger partial charge in [0.15, 0.2) is 5.82 Å². The largest absolute Gasteiger partial charge is 0.462 e. The Morgan fingerprint density at radius 2 is 2.05 bits per heavy atom. The van der Waals surface area contributed by atoms with Crippen LogP contribution >= 0.6 is 0 Å². The van der Waals surface area contributed by atoms with E-state index < -0.39 is 5.97 Å². The Morgan fingerprint density at radius 1 is 1.29 bits per heavy atom. The van der Waals surface area contributed by atoms with Crippen LogP contribution in [0.5, 0.6) is 0 Å². The quantitative estimate of drug-likeness (QED) is 0.744. The summed E-state index contributed by atoms with van der Waals surface area (Å²) in [5.74, 6) is 0.231. The number of hydrogen-bond donors (Lipinski definition) is 1. The van der Waals surface area contributed by atoms with Crippen LogP contribution in [0.3, 0.4) is 0 Å². The molecule has 0 radical (unpaired) electrons. The average molecular weight is 282 g/mol. The molecule has 0 aliphatic carbocycles. The molecule has 21 heavy (non-hydrogen) atoms. The Kier molecular flexibility index (Phi) is 3.27. The van der Waals surface area contributed by atoms with Crippen LogP contribution in [0, 0.1) is 0 Å². The standard InChI is InChI=1S/C15H14N4O2/c1-2-21-15(20)12-11-8-9-17-19(11)14(18-13(12)16)10-6-4-3-5-7-10/h3-9H,2,16H2,1H3. The number of anilines is 1. The molecule has 0 amide bonds. The fourth-order valence-electron chi connectivity index (χ4n) is 2.20. The summed E-state index contributed by atoms with van der Waals surface area (Å²) in [4.78, 5) is 16.4. The summed E-state index contributed by atoms with van der Waals surface area (Å²) in [6.45, 7) is 2.02. The van der Waals surface area contributed by atoms with Crippen molar-refractivity contribution in [3.05, 3.63) is 48.2 Å². The van der Waals surface area contributed by atoms with Gasteiger partial charge < -0.3 is 10.5 Å². The van der Waals surface area contributed by atoms with Crippen LogP contribution in [0.1, 0.15) is 17.3 Å². The average Bonchev–Trinajstić information content (AvgIpc) is 2.96. The van der Waals surface area contributed by atoms with Crippen molar-refractivity contribution in [3.8, 4) is 11.4 Å². The minimum Gasteiger partial charge on any atom is -0.462 e. The van der Waals surface area contributed by atoms with Crippen molar-refractivity contribution in [2.45, 2.75) is 6.92 Å². The number of hydrogen-bond acceptors (Lipinski definition) is 5. The Balaban J connectivity index is 2.25. The zero-order valence-electron chi connectivity index (χ0n) is 11.5. The summed E-state index contributed by atoms with van der Waals surface area (Å²) in [6.07, 6.45) is 1.60.